The van der Waals surface area contributed by atoms with Gasteiger partial charge in [0.2, 0.25) is 0 Å². The molecule has 0 radical (unpaired) electrons. The predicted molar refractivity (Wildman–Crippen MR) is 107 cm³/mol. The topological polar surface area (TPSA) is 77.8 Å². The van der Waals surface area contributed by atoms with Crippen molar-refractivity contribution < 1.29 is 19.8 Å². The maximum absolute atomic E-state index is 12.8. The van der Waals surface area contributed by atoms with Gasteiger partial charge in [0, 0.05) is 17.5 Å². The van der Waals surface area contributed by atoms with E-state index in [1.165, 1.54) is 4.90 Å². The molecule has 5 nitrogen and oxygen atoms in total. The quantitative estimate of drug-likeness (QED) is 0.695. The number of aliphatic hydroxyl groups excluding tert-OH is 1. The van der Waals surface area contributed by atoms with E-state index in [1.807, 2.05) is 31.2 Å². The van der Waals surface area contributed by atoms with Gasteiger partial charge < -0.3 is 15.1 Å². The van der Waals surface area contributed by atoms with E-state index in [0.717, 1.165) is 32.9 Å². The number of carboxylic acid groups (broad SMARTS) is 1. The van der Waals surface area contributed by atoms with E-state index in [0.29, 0.717) is 11.3 Å². The fourth-order valence-electron chi connectivity index (χ4n) is 2.70. The summed E-state index contributed by atoms with van der Waals surface area (Å²) in [6, 6.07) is 16.1. The highest BCUT2D eigenvalue weighted by atomic mass is 32.1. The van der Waals surface area contributed by atoms with Crippen LogP contribution in [0.1, 0.15) is 31.2 Å². The summed E-state index contributed by atoms with van der Waals surface area (Å²) in [4.78, 5) is 26.7. The van der Waals surface area contributed by atoms with Crippen molar-refractivity contribution in [3.8, 4) is 10.4 Å². The molecule has 0 aliphatic rings. The molecule has 0 atom stereocenters. The predicted octanol–water partition coefficient (Wildman–Crippen LogP) is 4.19. The molecule has 2 N–H and O–H groups in total. The highest BCUT2D eigenvalue weighted by Crippen LogP contribution is 2.37. The first-order chi connectivity index (χ1) is 12.9. The van der Waals surface area contributed by atoms with Crippen molar-refractivity contribution in [1.29, 1.82) is 0 Å². The Morgan fingerprint density at radius 2 is 1.67 bits per heavy atom. The van der Waals surface area contributed by atoms with Gasteiger partial charge >= 0.3 is 5.97 Å². The largest absolute Gasteiger partial charge is 0.477 e. The van der Waals surface area contributed by atoms with Crippen LogP contribution in [0.15, 0.2) is 54.6 Å². The number of benzene rings is 2. The van der Waals surface area contributed by atoms with Crippen molar-refractivity contribution in [3.05, 3.63) is 76.2 Å². The molecule has 0 unspecified atom stereocenters. The molecule has 138 valence electrons. The number of amides is 1. The minimum Gasteiger partial charge on any atom is -0.477 e. The number of aromatic carboxylic acids is 1. The number of carbonyl (C=O) groups excluding carboxylic acids is 1. The first-order valence-corrected chi connectivity index (χ1v) is 9.14. The number of rotatable bonds is 5. The van der Waals surface area contributed by atoms with E-state index in [1.54, 1.807) is 37.4 Å². The van der Waals surface area contributed by atoms with Crippen LogP contribution >= 0.6 is 11.3 Å². The summed E-state index contributed by atoms with van der Waals surface area (Å²) in [5.74, 6) is -1.34. The number of nitrogens with zero attached hydrogens (tertiary/aromatic N) is 1. The number of carboxylic acids is 1. The van der Waals surface area contributed by atoms with Gasteiger partial charge in [-0.1, -0.05) is 42.0 Å². The fourth-order valence-corrected chi connectivity index (χ4v) is 3.73. The number of hydrogen-bond donors (Lipinski definition) is 2. The highest BCUT2D eigenvalue weighted by Gasteiger charge is 2.23. The molecule has 3 rings (SSSR count). The standard InChI is InChI=1S/C21H19NO4S/c1-13-3-7-16(8-4-13)20(24)22(2)17-11-18(27-19(17)21(25)26)15-9-5-14(12-23)6-10-15/h3-11,23H,12H2,1-2H3,(H,25,26). The molecule has 6 heteroatoms. The van der Waals surface area contributed by atoms with Gasteiger partial charge in [-0.3, -0.25) is 4.79 Å². The molecule has 0 aliphatic carbocycles. The van der Waals surface area contributed by atoms with Crippen LogP contribution in [0.25, 0.3) is 10.4 Å². The van der Waals surface area contributed by atoms with Crippen LogP contribution in [0.3, 0.4) is 0 Å². The zero-order chi connectivity index (χ0) is 19.6. The van der Waals surface area contributed by atoms with E-state index in [4.69, 9.17) is 5.11 Å². The summed E-state index contributed by atoms with van der Waals surface area (Å²) < 4.78 is 0. The molecule has 3 aromatic rings. The number of aliphatic hydroxyl groups is 1. The Balaban J connectivity index is 1.98. The lowest BCUT2D eigenvalue weighted by Gasteiger charge is -2.17. The van der Waals surface area contributed by atoms with Gasteiger partial charge in [0.05, 0.1) is 12.3 Å². The molecular weight excluding hydrogens is 362 g/mol. The third-order valence-electron chi connectivity index (χ3n) is 4.29. The van der Waals surface area contributed by atoms with Crippen LogP contribution in [0.2, 0.25) is 0 Å². The molecule has 0 fully saturated rings. The molecular formula is C21H19NO4S. The summed E-state index contributed by atoms with van der Waals surface area (Å²) in [7, 11) is 1.58. The zero-order valence-corrected chi connectivity index (χ0v) is 15.8. The SMILES string of the molecule is Cc1ccc(C(=O)N(C)c2cc(-c3ccc(CO)cc3)sc2C(=O)O)cc1. The van der Waals surface area contributed by atoms with Gasteiger partial charge in [-0.05, 0) is 36.2 Å². The van der Waals surface area contributed by atoms with Gasteiger partial charge in [0.25, 0.3) is 5.91 Å². The van der Waals surface area contributed by atoms with Crippen LogP contribution in [0, 0.1) is 6.92 Å². The second-order valence-corrected chi connectivity index (χ2v) is 7.27. The van der Waals surface area contributed by atoms with E-state index in [-0.39, 0.29) is 17.4 Å². The number of anilines is 1. The molecule has 1 heterocycles. The van der Waals surface area contributed by atoms with Crippen molar-refractivity contribution in [2.75, 3.05) is 11.9 Å². The van der Waals surface area contributed by atoms with Crippen molar-refractivity contribution in [3.63, 3.8) is 0 Å². The molecule has 0 bridgehead atoms. The summed E-state index contributed by atoms with van der Waals surface area (Å²) in [6.07, 6.45) is 0. The van der Waals surface area contributed by atoms with Crippen LogP contribution in [-0.4, -0.2) is 29.1 Å². The Hall–Kier alpha value is -2.96. The first kappa shape index (κ1) is 18.8. The minimum absolute atomic E-state index is 0.0515. The average Bonchev–Trinajstić information content (AvgIpc) is 3.13. The van der Waals surface area contributed by atoms with Crippen molar-refractivity contribution in [2.45, 2.75) is 13.5 Å². The Morgan fingerprint density at radius 1 is 1.04 bits per heavy atom. The van der Waals surface area contributed by atoms with Gasteiger partial charge in [0.1, 0.15) is 4.88 Å². The summed E-state index contributed by atoms with van der Waals surface area (Å²) in [5, 5.41) is 18.7. The summed E-state index contributed by atoms with van der Waals surface area (Å²) in [6.45, 7) is 1.89. The number of carbonyl (C=O) groups is 2. The fraction of sp³-hybridized carbons (Fsp3) is 0.143. The molecule has 0 aliphatic heterocycles. The molecule has 27 heavy (non-hydrogen) atoms. The Bertz CT molecular complexity index is 974. The van der Waals surface area contributed by atoms with Crippen molar-refractivity contribution in [1.82, 2.24) is 0 Å². The monoisotopic (exact) mass is 381 g/mol. The molecule has 0 saturated heterocycles. The Kier molecular flexibility index (Phi) is 5.39. The van der Waals surface area contributed by atoms with E-state index in [2.05, 4.69) is 0 Å². The third-order valence-corrected chi connectivity index (χ3v) is 5.45. The first-order valence-electron chi connectivity index (χ1n) is 8.32. The molecule has 1 amide bonds. The lowest BCUT2D eigenvalue weighted by Crippen LogP contribution is -2.27. The Morgan fingerprint density at radius 3 is 2.22 bits per heavy atom. The van der Waals surface area contributed by atoms with Gasteiger partial charge in [-0.2, -0.15) is 0 Å². The minimum atomic E-state index is -1.07. The number of hydrogen-bond acceptors (Lipinski definition) is 4. The summed E-state index contributed by atoms with van der Waals surface area (Å²) in [5.41, 5.74) is 3.52. The van der Waals surface area contributed by atoms with E-state index >= 15 is 0 Å². The van der Waals surface area contributed by atoms with Gasteiger partial charge in [-0.15, -0.1) is 11.3 Å². The average molecular weight is 381 g/mol. The van der Waals surface area contributed by atoms with Crippen LogP contribution in [-0.2, 0) is 6.61 Å². The van der Waals surface area contributed by atoms with Crippen LogP contribution < -0.4 is 4.90 Å². The second kappa shape index (κ2) is 7.73. The lowest BCUT2D eigenvalue weighted by molar-refractivity contribution is 0.0703. The number of aryl methyl sites for hydroxylation is 1. The molecule has 0 spiro atoms. The van der Waals surface area contributed by atoms with Crippen molar-refractivity contribution in [2.24, 2.45) is 0 Å². The lowest BCUT2D eigenvalue weighted by atomic mass is 10.1. The third kappa shape index (κ3) is 3.92. The Labute approximate surface area is 161 Å². The summed E-state index contributed by atoms with van der Waals surface area (Å²) >= 11 is 1.12. The molecule has 1 aromatic heterocycles. The second-order valence-electron chi connectivity index (χ2n) is 6.22. The van der Waals surface area contributed by atoms with E-state index < -0.39 is 5.97 Å². The normalized spacial score (nSPS) is 10.6. The van der Waals surface area contributed by atoms with Crippen LogP contribution in [0.5, 0.6) is 0 Å². The molecule has 2 aromatic carbocycles. The van der Waals surface area contributed by atoms with Gasteiger partial charge in [-0.25, -0.2) is 4.79 Å². The van der Waals surface area contributed by atoms with Crippen molar-refractivity contribution >= 4 is 28.9 Å². The smallest absolute Gasteiger partial charge is 0.348 e. The highest BCUT2D eigenvalue weighted by molar-refractivity contribution is 7.18. The molecule has 0 saturated carbocycles. The maximum atomic E-state index is 12.8. The zero-order valence-electron chi connectivity index (χ0n) is 15.0. The maximum Gasteiger partial charge on any atom is 0.348 e. The van der Waals surface area contributed by atoms with E-state index in [9.17, 15) is 14.7 Å². The van der Waals surface area contributed by atoms with Crippen LogP contribution in [0.4, 0.5) is 5.69 Å². The number of thiophene rings is 1. The van der Waals surface area contributed by atoms with Gasteiger partial charge in [0.15, 0.2) is 0 Å².